The SMILES string of the molecule is c1ccc(-c2ccc3oc4c(Nc5ccccc5-c5cccc6ccccc56)cccc4c3c2)cc1. The molecule has 0 aliphatic rings. The lowest BCUT2D eigenvalue weighted by atomic mass is 9.97. The average Bonchev–Trinajstić information content (AvgIpc) is 3.33. The van der Waals surface area contributed by atoms with Gasteiger partial charge in [0.15, 0.2) is 5.58 Å². The van der Waals surface area contributed by atoms with E-state index in [9.17, 15) is 0 Å². The van der Waals surface area contributed by atoms with Crippen molar-refractivity contribution in [3.05, 3.63) is 133 Å². The summed E-state index contributed by atoms with van der Waals surface area (Å²) in [6.07, 6.45) is 0. The van der Waals surface area contributed by atoms with Crippen molar-refractivity contribution < 1.29 is 4.42 Å². The Hall–Kier alpha value is -4.82. The molecule has 2 heteroatoms. The molecule has 1 heterocycles. The Bertz CT molecular complexity index is 1860. The summed E-state index contributed by atoms with van der Waals surface area (Å²) < 4.78 is 6.40. The first-order valence-corrected chi connectivity index (χ1v) is 12.2. The summed E-state index contributed by atoms with van der Waals surface area (Å²) in [5.74, 6) is 0. The van der Waals surface area contributed by atoms with Crippen LogP contribution in [0.5, 0.6) is 0 Å². The van der Waals surface area contributed by atoms with Crippen molar-refractivity contribution in [3.8, 4) is 22.3 Å². The van der Waals surface area contributed by atoms with Gasteiger partial charge >= 0.3 is 0 Å². The van der Waals surface area contributed by atoms with E-state index in [1.54, 1.807) is 0 Å². The highest BCUT2D eigenvalue weighted by atomic mass is 16.3. The van der Waals surface area contributed by atoms with Gasteiger partial charge in [-0.3, -0.25) is 0 Å². The predicted octanol–water partition coefficient (Wildman–Crippen LogP) is 9.82. The van der Waals surface area contributed by atoms with Crippen molar-refractivity contribution in [1.82, 2.24) is 0 Å². The van der Waals surface area contributed by atoms with Crippen LogP contribution in [0.4, 0.5) is 11.4 Å². The summed E-state index contributed by atoms with van der Waals surface area (Å²) in [5.41, 5.74) is 8.52. The molecule has 0 amide bonds. The number of hydrogen-bond acceptors (Lipinski definition) is 2. The van der Waals surface area contributed by atoms with Gasteiger partial charge in [0, 0.05) is 22.0 Å². The van der Waals surface area contributed by atoms with Crippen LogP contribution in [-0.2, 0) is 0 Å². The van der Waals surface area contributed by atoms with Crippen molar-refractivity contribution in [1.29, 1.82) is 0 Å². The van der Waals surface area contributed by atoms with Crippen LogP contribution in [0.2, 0.25) is 0 Å². The molecule has 1 N–H and O–H groups in total. The predicted molar refractivity (Wildman–Crippen MR) is 152 cm³/mol. The van der Waals surface area contributed by atoms with E-state index in [0.717, 1.165) is 38.9 Å². The van der Waals surface area contributed by atoms with E-state index in [4.69, 9.17) is 4.42 Å². The van der Waals surface area contributed by atoms with Crippen molar-refractivity contribution in [2.45, 2.75) is 0 Å². The van der Waals surface area contributed by atoms with Crippen LogP contribution < -0.4 is 5.32 Å². The third-order valence-electron chi connectivity index (χ3n) is 6.88. The summed E-state index contributed by atoms with van der Waals surface area (Å²) in [4.78, 5) is 0. The normalized spacial score (nSPS) is 11.3. The van der Waals surface area contributed by atoms with Gasteiger partial charge in [-0.15, -0.1) is 0 Å². The highest BCUT2D eigenvalue weighted by molar-refractivity contribution is 6.10. The van der Waals surface area contributed by atoms with Crippen LogP contribution in [0, 0.1) is 0 Å². The Labute approximate surface area is 209 Å². The lowest BCUT2D eigenvalue weighted by Crippen LogP contribution is -1.94. The molecule has 0 atom stereocenters. The lowest BCUT2D eigenvalue weighted by molar-refractivity contribution is 0.670. The Morgan fingerprint density at radius 2 is 1.14 bits per heavy atom. The Balaban J connectivity index is 1.35. The van der Waals surface area contributed by atoms with E-state index in [1.165, 1.54) is 27.5 Å². The number of fused-ring (bicyclic) bond motifs is 4. The van der Waals surface area contributed by atoms with E-state index < -0.39 is 0 Å². The second-order valence-corrected chi connectivity index (χ2v) is 9.06. The molecule has 0 bridgehead atoms. The molecular formula is C34H23NO. The van der Waals surface area contributed by atoms with Gasteiger partial charge in [-0.1, -0.05) is 109 Å². The standard InChI is InChI=1S/C34H23NO/c1-2-10-23(11-3-1)25-20-21-33-30(22-25)29-17-9-19-32(34(29)36-33)35-31-18-7-6-15-28(31)27-16-8-13-24-12-4-5-14-26(24)27/h1-22,35H. The van der Waals surface area contributed by atoms with E-state index in [-0.39, 0.29) is 0 Å². The highest BCUT2D eigenvalue weighted by Crippen LogP contribution is 2.39. The molecule has 170 valence electrons. The van der Waals surface area contributed by atoms with Crippen molar-refractivity contribution in [2.24, 2.45) is 0 Å². The number of para-hydroxylation sites is 2. The van der Waals surface area contributed by atoms with E-state index in [2.05, 4.69) is 133 Å². The topological polar surface area (TPSA) is 25.2 Å². The molecule has 2 nitrogen and oxygen atoms in total. The van der Waals surface area contributed by atoms with Gasteiger partial charge in [0.1, 0.15) is 5.58 Å². The fraction of sp³-hybridized carbons (Fsp3) is 0. The second kappa shape index (κ2) is 8.44. The van der Waals surface area contributed by atoms with Crippen LogP contribution in [-0.4, -0.2) is 0 Å². The van der Waals surface area contributed by atoms with Gasteiger partial charge < -0.3 is 9.73 Å². The molecule has 7 aromatic rings. The number of nitrogens with one attached hydrogen (secondary N) is 1. The number of rotatable bonds is 4. The van der Waals surface area contributed by atoms with Crippen LogP contribution in [0.15, 0.2) is 138 Å². The quantitative estimate of drug-likeness (QED) is 0.282. The Morgan fingerprint density at radius 1 is 0.444 bits per heavy atom. The smallest absolute Gasteiger partial charge is 0.158 e. The number of furan rings is 1. The first-order valence-electron chi connectivity index (χ1n) is 12.2. The van der Waals surface area contributed by atoms with Crippen molar-refractivity contribution >= 4 is 44.1 Å². The summed E-state index contributed by atoms with van der Waals surface area (Å²) in [5, 5.41) is 8.40. The van der Waals surface area contributed by atoms with Gasteiger partial charge in [-0.2, -0.15) is 0 Å². The molecule has 0 aliphatic heterocycles. The average molecular weight is 462 g/mol. The van der Waals surface area contributed by atoms with E-state index in [0.29, 0.717) is 0 Å². The molecule has 0 aliphatic carbocycles. The zero-order valence-corrected chi connectivity index (χ0v) is 19.6. The second-order valence-electron chi connectivity index (χ2n) is 9.06. The first kappa shape index (κ1) is 20.5. The third kappa shape index (κ3) is 3.43. The summed E-state index contributed by atoms with van der Waals surface area (Å²) in [6, 6.07) is 46.7. The molecule has 6 aromatic carbocycles. The zero-order chi connectivity index (χ0) is 23.9. The summed E-state index contributed by atoms with van der Waals surface area (Å²) in [6.45, 7) is 0. The lowest BCUT2D eigenvalue weighted by Gasteiger charge is -2.14. The largest absolute Gasteiger partial charge is 0.454 e. The molecule has 7 rings (SSSR count). The summed E-state index contributed by atoms with van der Waals surface area (Å²) >= 11 is 0. The monoisotopic (exact) mass is 461 g/mol. The first-order chi connectivity index (χ1) is 17.8. The minimum atomic E-state index is 0.866. The number of hydrogen-bond donors (Lipinski definition) is 1. The zero-order valence-electron chi connectivity index (χ0n) is 19.6. The van der Waals surface area contributed by atoms with Gasteiger partial charge in [-0.05, 0) is 51.7 Å². The Kier molecular flexibility index (Phi) is 4.82. The minimum Gasteiger partial charge on any atom is -0.454 e. The molecule has 0 saturated carbocycles. The number of benzene rings is 6. The van der Waals surface area contributed by atoms with Crippen molar-refractivity contribution in [3.63, 3.8) is 0 Å². The summed E-state index contributed by atoms with van der Waals surface area (Å²) in [7, 11) is 0. The highest BCUT2D eigenvalue weighted by Gasteiger charge is 2.14. The Morgan fingerprint density at radius 3 is 2.08 bits per heavy atom. The molecule has 36 heavy (non-hydrogen) atoms. The van der Waals surface area contributed by atoms with Crippen LogP contribution in [0.3, 0.4) is 0 Å². The molecule has 0 radical (unpaired) electrons. The number of anilines is 2. The van der Waals surface area contributed by atoms with E-state index in [1.807, 2.05) is 6.07 Å². The maximum absolute atomic E-state index is 6.40. The van der Waals surface area contributed by atoms with Gasteiger partial charge in [-0.25, -0.2) is 0 Å². The van der Waals surface area contributed by atoms with Crippen LogP contribution in [0.25, 0.3) is 55.0 Å². The minimum absolute atomic E-state index is 0.866. The fourth-order valence-corrected chi connectivity index (χ4v) is 5.14. The van der Waals surface area contributed by atoms with Gasteiger partial charge in [0.2, 0.25) is 0 Å². The maximum Gasteiger partial charge on any atom is 0.158 e. The van der Waals surface area contributed by atoms with Crippen LogP contribution in [0.1, 0.15) is 0 Å². The molecule has 0 spiro atoms. The maximum atomic E-state index is 6.40. The molecule has 0 unspecified atom stereocenters. The van der Waals surface area contributed by atoms with Crippen LogP contribution >= 0.6 is 0 Å². The molecule has 0 saturated heterocycles. The molecule has 1 aromatic heterocycles. The molecule has 0 fully saturated rings. The third-order valence-corrected chi connectivity index (χ3v) is 6.88. The van der Waals surface area contributed by atoms with Crippen molar-refractivity contribution in [2.75, 3.05) is 5.32 Å². The fourth-order valence-electron chi connectivity index (χ4n) is 5.14. The van der Waals surface area contributed by atoms with E-state index >= 15 is 0 Å². The van der Waals surface area contributed by atoms with Gasteiger partial charge in [0.05, 0.1) is 5.69 Å². The van der Waals surface area contributed by atoms with Gasteiger partial charge in [0.25, 0.3) is 0 Å². The molecular weight excluding hydrogens is 438 g/mol.